The lowest BCUT2D eigenvalue weighted by molar-refractivity contribution is 0.440. The van der Waals surface area contributed by atoms with Crippen LogP contribution < -0.4 is 15.4 Å². The van der Waals surface area contributed by atoms with Gasteiger partial charge in [-0.25, -0.2) is 4.39 Å². The second-order valence-corrected chi connectivity index (χ2v) is 6.11. The molecule has 0 atom stereocenters. The first-order valence-electron chi connectivity index (χ1n) is 8.58. The maximum Gasteiger partial charge on any atom is 0.191 e. The largest absolute Gasteiger partial charge is 0.453 e. The van der Waals surface area contributed by atoms with Crippen LogP contribution in [-0.4, -0.2) is 24.0 Å². The Labute approximate surface area is 170 Å². The maximum absolute atomic E-state index is 14.3. The van der Waals surface area contributed by atoms with E-state index in [0.29, 0.717) is 18.3 Å². The molecular weight excluding hydrogens is 446 g/mol. The minimum Gasteiger partial charge on any atom is -0.453 e. The molecule has 1 saturated carbocycles. The SMILES string of the molecule is CN=C(NCc1ccc(Oc2cccnc2)c(F)c1)NC1CCCC1.I. The lowest BCUT2D eigenvalue weighted by Crippen LogP contribution is -2.41. The summed E-state index contributed by atoms with van der Waals surface area (Å²) in [5.41, 5.74) is 0.824. The molecule has 1 aromatic heterocycles. The summed E-state index contributed by atoms with van der Waals surface area (Å²) < 4.78 is 19.8. The summed E-state index contributed by atoms with van der Waals surface area (Å²) in [6, 6.07) is 8.91. The third-order valence-corrected chi connectivity index (χ3v) is 4.24. The van der Waals surface area contributed by atoms with Crippen LogP contribution >= 0.6 is 24.0 Å². The Balaban J connectivity index is 0.00000243. The van der Waals surface area contributed by atoms with Crippen molar-refractivity contribution < 1.29 is 9.13 Å². The Morgan fingerprint density at radius 3 is 2.77 bits per heavy atom. The average Bonchev–Trinajstić information content (AvgIpc) is 3.14. The minimum absolute atomic E-state index is 0. The van der Waals surface area contributed by atoms with E-state index in [2.05, 4.69) is 20.6 Å². The van der Waals surface area contributed by atoms with Crippen molar-refractivity contribution >= 4 is 29.9 Å². The maximum atomic E-state index is 14.3. The zero-order chi connectivity index (χ0) is 17.5. The standard InChI is InChI=1S/C19H23FN4O.HI/c1-21-19(24-15-5-2-3-6-15)23-12-14-8-9-18(17(20)11-14)25-16-7-4-10-22-13-16;/h4,7-11,13,15H,2-3,5-6,12H2,1H3,(H2,21,23,24);1H. The summed E-state index contributed by atoms with van der Waals surface area (Å²) >= 11 is 0. The summed E-state index contributed by atoms with van der Waals surface area (Å²) in [5, 5.41) is 6.64. The van der Waals surface area contributed by atoms with Gasteiger partial charge in [-0.2, -0.15) is 0 Å². The summed E-state index contributed by atoms with van der Waals surface area (Å²) in [6.45, 7) is 0.497. The van der Waals surface area contributed by atoms with Crippen LogP contribution in [0.2, 0.25) is 0 Å². The molecule has 1 aliphatic carbocycles. The number of hydrogen-bond donors (Lipinski definition) is 2. The number of aliphatic imine (C=N–C) groups is 1. The van der Waals surface area contributed by atoms with Gasteiger partial charge >= 0.3 is 0 Å². The Hall–Kier alpha value is -1.90. The summed E-state index contributed by atoms with van der Waals surface area (Å²) in [7, 11) is 1.75. The molecule has 5 nitrogen and oxygen atoms in total. The first-order valence-corrected chi connectivity index (χ1v) is 8.58. The molecule has 0 spiro atoms. The van der Waals surface area contributed by atoms with Crippen LogP contribution in [0.1, 0.15) is 31.2 Å². The van der Waals surface area contributed by atoms with Crippen molar-refractivity contribution in [1.29, 1.82) is 0 Å². The van der Waals surface area contributed by atoms with E-state index in [1.165, 1.54) is 31.7 Å². The molecule has 7 heteroatoms. The number of nitrogens with zero attached hydrogens (tertiary/aromatic N) is 2. The van der Waals surface area contributed by atoms with Gasteiger partial charge in [-0.3, -0.25) is 9.98 Å². The molecule has 1 aromatic carbocycles. The molecule has 0 aliphatic heterocycles. The molecule has 0 amide bonds. The Morgan fingerprint density at radius 2 is 2.12 bits per heavy atom. The summed E-state index contributed by atoms with van der Waals surface area (Å²) in [4.78, 5) is 8.18. The number of hydrogen-bond acceptors (Lipinski definition) is 3. The number of halogens is 2. The highest BCUT2D eigenvalue weighted by Gasteiger charge is 2.15. The van der Waals surface area contributed by atoms with E-state index in [9.17, 15) is 4.39 Å². The highest BCUT2D eigenvalue weighted by molar-refractivity contribution is 14.0. The van der Waals surface area contributed by atoms with Crippen molar-refractivity contribution in [1.82, 2.24) is 15.6 Å². The molecule has 2 aromatic rings. The zero-order valence-electron chi connectivity index (χ0n) is 14.7. The van der Waals surface area contributed by atoms with E-state index in [4.69, 9.17) is 4.74 Å². The number of ether oxygens (including phenoxy) is 1. The quantitative estimate of drug-likeness (QED) is 0.390. The first-order chi connectivity index (χ1) is 12.2. The van der Waals surface area contributed by atoms with E-state index in [0.717, 1.165) is 11.5 Å². The van der Waals surface area contributed by atoms with Crippen molar-refractivity contribution in [2.45, 2.75) is 38.3 Å². The fourth-order valence-corrected chi connectivity index (χ4v) is 2.92. The average molecular weight is 470 g/mol. The van der Waals surface area contributed by atoms with Crippen molar-refractivity contribution in [2.24, 2.45) is 4.99 Å². The fourth-order valence-electron chi connectivity index (χ4n) is 2.92. The monoisotopic (exact) mass is 470 g/mol. The molecule has 1 heterocycles. The molecule has 1 aliphatic rings. The van der Waals surface area contributed by atoms with E-state index in [1.807, 2.05) is 6.07 Å². The van der Waals surface area contributed by atoms with E-state index < -0.39 is 5.82 Å². The minimum atomic E-state index is -0.401. The number of benzene rings is 1. The van der Waals surface area contributed by atoms with Crippen LogP contribution in [0.5, 0.6) is 11.5 Å². The molecule has 140 valence electrons. The van der Waals surface area contributed by atoms with Crippen LogP contribution in [0.3, 0.4) is 0 Å². The van der Waals surface area contributed by atoms with Crippen LogP contribution in [0.15, 0.2) is 47.7 Å². The van der Waals surface area contributed by atoms with Gasteiger partial charge in [0.2, 0.25) is 0 Å². The molecule has 0 radical (unpaired) electrons. The molecule has 0 bridgehead atoms. The van der Waals surface area contributed by atoms with Gasteiger partial charge < -0.3 is 15.4 Å². The highest BCUT2D eigenvalue weighted by Crippen LogP contribution is 2.24. The lowest BCUT2D eigenvalue weighted by atomic mass is 10.2. The molecule has 1 fully saturated rings. The van der Waals surface area contributed by atoms with Gasteiger partial charge in [-0.05, 0) is 42.7 Å². The molecule has 26 heavy (non-hydrogen) atoms. The van der Waals surface area contributed by atoms with Crippen molar-refractivity contribution in [3.05, 3.63) is 54.1 Å². The topological polar surface area (TPSA) is 58.5 Å². The summed E-state index contributed by atoms with van der Waals surface area (Å²) in [5.74, 6) is 1.04. The molecule has 0 unspecified atom stereocenters. The second kappa shape index (κ2) is 10.3. The first kappa shape index (κ1) is 20.4. The third kappa shape index (κ3) is 5.82. The zero-order valence-corrected chi connectivity index (χ0v) is 17.1. The van der Waals surface area contributed by atoms with Crippen molar-refractivity contribution in [3.8, 4) is 11.5 Å². The number of rotatable bonds is 5. The van der Waals surface area contributed by atoms with E-state index >= 15 is 0 Å². The van der Waals surface area contributed by atoms with Crippen LogP contribution in [0, 0.1) is 5.82 Å². The third-order valence-electron chi connectivity index (χ3n) is 4.24. The lowest BCUT2D eigenvalue weighted by Gasteiger charge is -2.17. The molecule has 2 N–H and O–H groups in total. The Morgan fingerprint density at radius 1 is 1.31 bits per heavy atom. The highest BCUT2D eigenvalue weighted by atomic mass is 127. The van der Waals surface area contributed by atoms with Gasteiger partial charge in [0.05, 0.1) is 6.20 Å². The van der Waals surface area contributed by atoms with Crippen molar-refractivity contribution in [2.75, 3.05) is 7.05 Å². The number of guanidine groups is 1. The normalized spacial score (nSPS) is 14.6. The predicted octanol–water partition coefficient (Wildman–Crippen LogP) is 4.24. The second-order valence-electron chi connectivity index (χ2n) is 6.11. The van der Waals surface area contributed by atoms with Crippen molar-refractivity contribution in [3.63, 3.8) is 0 Å². The molecule has 3 rings (SSSR count). The van der Waals surface area contributed by atoms with Gasteiger partial charge in [0.25, 0.3) is 0 Å². The Kier molecular flexibility index (Phi) is 8.08. The number of nitrogens with one attached hydrogen (secondary N) is 2. The summed E-state index contributed by atoms with van der Waals surface area (Å²) in [6.07, 6.45) is 8.07. The van der Waals surface area contributed by atoms with Crippen LogP contribution in [0.25, 0.3) is 0 Å². The van der Waals surface area contributed by atoms with Crippen LogP contribution in [0.4, 0.5) is 4.39 Å². The molecule has 0 saturated heterocycles. The van der Waals surface area contributed by atoms with E-state index in [1.54, 1.807) is 37.6 Å². The van der Waals surface area contributed by atoms with Gasteiger partial charge in [0.1, 0.15) is 5.75 Å². The molecular formula is C19H24FIN4O. The Bertz CT molecular complexity index is 721. The number of pyridine rings is 1. The smallest absolute Gasteiger partial charge is 0.191 e. The van der Waals surface area contributed by atoms with Gasteiger partial charge in [-0.15, -0.1) is 24.0 Å². The van der Waals surface area contributed by atoms with Gasteiger partial charge in [0, 0.05) is 25.8 Å². The predicted molar refractivity (Wildman–Crippen MR) is 112 cm³/mol. The van der Waals surface area contributed by atoms with Gasteiger partial charge in [0.15, 0.2) is 17.5 Å². The van der Waals surface area contributed by atoms with Gasteiger partial charge in [-0.1, -0.05) is 18.9 Å². The van der Waals surface area contributed by atoms with E-state index in [-0.39, 0.29) is 29.7 Å². The number of aromatic nitrogens is 1. The fraction of sp³-hybridized carbons (Fsp3) is 0.368. The van der Waals surface area contributed by atoms with Crippen LogP contribution in [-0.2, 0) is 6.54 Å².